The molecule has 4 heteroatoms. The maximum Gasteiger partial charge on any atom is 0.234 e. The van der Waals surface area contributed by atoms with Crippen molar-refractivity contribution in [3.05, 3.63) is 0 Å². The average molecular weight is 184 g/mol. The number of hydrogen-bond donors (Lipinski definition) is 3. The van der Waals surface area contributed by atoms with Crippen molar-refractivity contribution >= 4 is 5.91 Å². The van der Waals surface area contributed by atoms with Crippen molar-refractivity contribution in [1.82, 2.24) is 10.6 Å². The van der Waals surface area contributed by atoms with Gasteiger partial charge in [0.1, 0.15) is 0 Å². The monoisotopic (exact) mass is 184 g/mol. The quantitative estimate of drug-likeness (QED) is 0.533. The molecule has 3 N–H and O–H groups in total. The van der Waals surface area contributed by atoms with Crippen molar-refractivity contribution in [3.8, 4) is 0 Å². The van der Waals surface area contributed by atoms with Crippen LogP contribution >= 0.6 is 0 Å². The lowest BCUT2D eigenvalue weighted by Gasteiger charge is -2.13. The molecule has 0 aromatic rings. The van der Waals surface area contributed by atoms with Crippen LogP contribution in [-0.4, -0.2) is 35.7 Å². The largest absolute Gasteiger partial charge is 0.394 e. The van der Waals surface area contributed by atoms with Crippen LogP contribution in [0, 0.1) is 0 Å². The van der Waals surface area contributed by atoms with Crippen molar-refractivity contribution in [2.45, 2.75) is 37.3 Å². The van der Waals surface area contributed by atoms with Crippen LogP contribution in [0.1, 0.15) is 25.7 Å². The maximum atomic E-state index is 11.2. The number of aliphatic hydroxyl groups is 1. The molecule has 13 heavy (non-hydrogen) atoms. The summed E-state index contributed by atoms with van der Waals surface area (Å²) in [6.07, 6.45) is 4.22. The van der Waals surface area contributed by atoms with E-state index in [4.69, 9.17) is 5.11 Å². The van der Waals surface area contributed by atoms with Gasteiger partial charge in [-0.15, -0.1) is 0 Å². The third-order valence-corrected chi connectivity index (χ3v) is 2.72. The third kappa shape index (κ3) is 2.42. The molecule has 0 spiro atoms. The first kappa shape index (κ1) is 8.97. The Morgan fingerprint density at radius 3 is 2.62 bits per heavy atom. The van der Waals surface area contributed by atoms with Gasteiger partial charge in [0, 0.05) is 11.6 Å². The number of carbonyl (C=O) groups excluding carboxylic acids is 1. The minimum Gasteiger partial charge on any atom is -0.394 e. The molecule has 2 aliphatic carbocycles. The fourth-order valence-electron chi connectivity index (χ4n) is 1.32. The predicted octanol–water partition coefficient (Wildman–Crippen LogP) is -0.621. The summed E-state index contributed by atoms with van der Waals surface area (Å²) in [5.41, 5.74) is -0.124. The number of carbonyl (C=O) groups is 1. The Morgan fingerprint density at radius 2 is 2.15 bits per heavy atom. The SMILES string of the molecule is O=C(CNC1(CO)CC1)NC1CC1. The Labute approximate surface area is 77.7 Å². The third-order valence-electron chi connectivity index (χ3n) is 2.72. The lowest BCUT2D eigenvalue weighted by Crippen LogP contribution is -2.42. The molecule has 2 aliphatic rings. The van der Waals surface area contributed by atoms with Gasteiger partial charge in [-0.25, -0.2) is 0 Å². The molecule has 0 aromatic heterocycles. The summed E-state index contributed by atoms with van der Waals surface area (Å²) >= 11 is 0. The summed E-state index contributed by atoms with van der Waals surface area (Å²) in [5.74, 6) is 0.0576. The zero-order valence-electron chi connectivity index (χ0n) is 7.68. The Balaban J connectivity index is 1.63. The molecule has 0 aliphatic heterocycles. The predicted molar refractivity (Wildman–Crippen MR) is 48.2 cm³/mol. The summed E-state index contributed by atoms with van der Waals surface area (Å²) in [7, 11) is 0. The van der Waals surface area contributed by atoms with Gasteiger partial charge in [-0.05, 0) is 25.7 Å². The lowest BCUT2D eigenvalue weighted by atomic mass is 10.3. The van der Waals surface area contributed by atoms with Crippen LogP contribution < -0.4 is 10.6 Å². The van der Waals surface area contributed by atoms with Crippen molar-refractivity contribution in [3.63, 3.8) is 0 Å². The Bertz CT molecular complexity index is 210. The van der Waals surface area contributed by atoms with E-state index in [0.717, 1.165) is 25.7 Å². The molecule has 0 bridgehead atoms. The molecule has 2 saturated carbocycles. The van der Waals surface area contributed by atoms with E-state index in [1.54, 1.807) is 0 Å². The number of nitrogens with one attached hydrogen (secondary N) is 2. The summed E-state index contributed by atoms with van der Waals surface area (Å²) in [5, 5.41) is 15.0. The molecule has 2 rings (SSSR count). The summed E-state index contributed by atoms with van der Waals surface area (Å²) in [6, 6.07) is 0.429. The van der Waals surface area contributed by atoms with E-state index in [2.05, 4.69) is 10.6 Å². The molecule has 0 unspecified atom stereocenters. The zero-order valence-corrected chi connectivity index (χ0v) is 7.68. The van der Waals surface area contributed by atoms with Gasteiger partial charge in [0.15, 0.2) is 0 Å². The van der Waals surface area contributed by atoms with Crippen LogP contribution in [0.5, 0.6) is 0 Å². The molecule has 0 atom stereocenters. The van der Waals surface area contributed by atoms with E-state index in [0.29, 0.717) is 12.6 Å². The number of hydrogen-bond acceptors (Lipinski definition) is 3. The van der Waals surface area contributed by atoms with Crippen LogP contribution in [0.15, 0.2) is 0 Å². The van der Waals surface area contributed by atoms with Crippen LogP contribution in [0.4, 0.5) is 0 Å². The Kier molecular flexibility index (Phi) is 2.26. The zero-order chi connectivity index (χ0) is 9.31. The smallest absolute Gasteiger partial charge is 0.234 e. The van der Waals surface area contributed by atoms with Crippen LogP contribution in [0.25, 0.3) is 0 Å². The fraction of sp³-hybridized carbons (Fsp3) is 0.889. The van der Waals surface area contributed by atoms with Crippen LogP contribution in [0.2, 0.25) is 0 Å². The molecule has 1 amide bonds. The normalized spacial score (nSPS) is 24.1. The fourth-order valence-corrected chi connectivity index (χ4v) is 1.32. The molecule has 0 saturated heterocycles. The highest BCUT2D eigenvalue weighted by Gasteiger charge is 2.41. The Hall–Kier alpha value is -0.610. The van der Waals surface area contributed by atoms with Crippen molar-refractivity contribution < 1.29 is 9.90 Å². The molecule has 0 aromatic carbocycles. The molecule has 4 nitrogen and oxygen atoms in total. The number of amides is 1. The molecule has 74 valence electrons. The molecule has 2 fully saturated rings. The van der Waals surface area contributed by atoms with E-state index in [1.165, 1.54) is 0 Å². The molecular formula is C9H16N2O2. The Morgan fingerprint density at radius 1 is 1.46 bits per heavy atom. The van der Waals surface area contributed by atoms with E-state index >= 15 is 0 Å². The van der Waals surface area contributed by atoms with E-state index in [1.807, 2.05) is 0 Å². The van der Waals surface area contributed by atoms with Crippen molar-refractivity contribution in [2.75, 3.05) is 13.2 Å². The first-order chi connectivity index (χ1) is 6.24. The van der Waals surface area contributed by atoms with Gasteiger partial charge in [-0.1, -0.05) is 0 Å². The van der Waals surface area contributed by atoms with Gasteiger partial charge in [-0.2, -0.15) is 0 Å². The van der Waals surface area contributed by atoms with Crippen LogP contribution in [0.3, 0.4) is 0 Å². The summed E-state index contributed by atoms with van der Waals surface area (Å²) in [4.78, 5) is 11.2. The van der Waals surface area contributed by atoms with E-state index in [-0.39, 0.29) is 18.1 Å². The van der Waals surface area contributed by atoms with E-state index in [9.17, 15) is 4.79 Å². The minimum absolute atomic E-state index is 0.0576. The van der Waals surface area contributed by atoms with Gasteiger partial charge >= 0.3 is 0 Å². The molecular weight excluding hydrogens is 168 g/mol. The first-order valence-electron chi connectivity index (χ1n) is 4.89. The van der Waals surface area contributed by atoms with Crippen molar-refractivity contribution in [1.29, 1.82) is 0 Å². The van der Waals surface area contributed by atoms with Gasteiger partial charge < -0.3 is 15.7 Å². The maximum absolute atomic E-state index is 11.2. The highest BCUT2D eigenvalue weighted by atomic mass is 16.3. The van der Waals surface area contributed by atoms with Gasteiger partial charge in [-0.3, -0.25) is 4.79 Å². The molecule has 0 radical (unpaired) electrons. The van der Waals surface area contributed by atoms with Gasteiger partial charge in [0.2, 0.25) is 5.91 Å². The minimum atomic E-state index is -0.124. The topological polar surface area (TPSA) is 61.4 Å². The highest BCUT2D eigenvalue weighted by molar-refractivity contribution is 5.78. The van der Waals surface area contributed by atoms with E-state index < -0.39 is 0 Å². The van der Waals surface area contributed by atoms with Crippen molar-refractivity contribution in [2.24, 2.45) is 0 Å². The summed E-state index contributed by atoms with van der Waals surface area (Å²) in [6.45, 7) is 0.487. The van der Waals surface area contributed by atoms with Gasteiger partial charge in [0.25, 0.3) is 0 Å². The van der Waals surface area contributed by atoms with Crippen LogP contribution in [-0.2, 0) is 4.79 Å². The van der Waals surface area contributed by atoms with Gasteiger partial charge in [0.05, 0.1) is 13.2 Å². The second-order valence-corrected chi connectivity index (χ2v) is 4.13. The lowest BCUT2D eigenvalue weighted by molar-refractivity contribution is -0.120. The average Bonchev–Trinajstić information content (AvgIpc) is 2.98. The second-order valence-electron chi connectivity index (χ2n) is 4.13. The number of rotatable bonds is 5. The summed E-state index contributed by atoms with van der Waals surface area (Å²) < 4.78 is 0. The number of aliphatic hydroxyl groups excluding tert-OH is 1. The molecule has 0 heterocycles. The second kappa shape index (κ2) is 3.27. The first-order valence-corrected chi connectivity index (χ1v) is 4.89. The highest BCUT2D eigenvalue weighted by Crippen LogP contribution is 2.34. The standard InChI is InChI=1S/C9H16N2O2/c12-6-9(3-4-9)10-5-8(13)11-7-1-2-7/h7,10,12H,1-6H2,(H,11,13).